The summed E-state index contributed by atoms with van der Waals surface area (Å²) in [6.07, 6.45) is 2.49. The van der Waals surface area contributed by atoms with Gasteiger partial charge in [-0.2, -0.15) is 0 Å². The molecule has 0 aliphatic carbocycles. The van der Waals surface area contributed by atoms with Crippen LogP contribution in [0.1, 0.15) is 33.9 Å². The summed E-state index contributed by atoms with van der Waals surface area (Å²) in [6, 6.07) is 0. The smallest absolute Gasteiger partial charge is 0.270 e. The fourth-order valence-corrected chi connectivity index (χ4v) is 6.28. The third-order valence-corrected chi connectivity index (χ3v) is 7.95. The number of aryl methyl sites for hydroxylation is 2. The largest absolute Gasteiger partial charge is 0.369 e. The molecule has 3 aliphatic heterocycles. The number of nitrogens with one attached hydrogen (secondary N) is 1. The average Bonchev–Trinajstić information content (AvgIpc) is 3.40. The molecule has 2 aromatic heterocycles. The van der Waals surface area contributed by atoms with Gasteiger partial charge in [0.15, 0.2) is 5.13 Å². The van der Waals surface area contributed by atoms with Crippen LogP contribution in [0.15, 0.2) is 10.9 Å². The molecular formula is C18H22N4O2S2. The second-order valence-electron chi connectivity index (χ2n) is 7.63. The Morgan fingerprint density at radius 3 is 3.12 bits per heavy atom. The molecule has 4 atom stereocenters. The molecule has 0 unspecified atom stereocenters. The van der Waals surface area contributed by atoms with Crippen molar-refractivity contribution in [2.45, 2.75) is 38.4 Å². The molecule has 3 saturated heterocycles. The molecule has 0 saturated carbocycles. The highest BCUT2D eigenvalue weighted by molar-refractivity contribution is 7.15. The first-order chi connectivity index (χ1) is 12.6. The Hall–Kier alpha value is -1.51. The number of carbonyl (C=O) groups is 1. The van der Waals surface area contributed by atoms with E-state index in [9.17, 15) is 4.79 Å². The number of hydrogen-bond acceptors (Lipinski definition) is 7. The van der Waals surface area contributed by atoms with Gasteiger partial charge in [-0.1, -0.05) is 0 Å². The predicted octanol–water partition coefficient (Wildman–Crippen LogP) is 2.63. The summed E-state index contributed by atoms with van der Waals surface area (Å²) in [5.41, 5.74) is 3.28. The fourth-order valence-electron chi connectivity index (χ4n) is 4.83. The summed E-state index contributed by atoms with van der Waals surface area (Å²) in [5, 5.41) is 5.99. The molecule has 5 heterocycles. The molecule has 2 aromatic rings. The van der Waals surface area contributed by atoms with E-state index in [2.05, 4.69) is 29.0 Å². The van der Waals surface area contributed by atoms with Crippen LogP contribution >= 0.6 is 22.7 Å². The summed E-state index contributed by atoms with van der Waals surface area (Å²) >= 11 is 3.22. The number of nitrogens with zero attached hydrogens (tertiary/aromatic N) is 3. The van der Waals surface area contributed by atoms with E-state index in [1.165, 1.54) is 16.2 Å². The van der Waals surface area contributed by atoms with Crippen LogP contribution in [0.5, 0.6) is 0 Å². The molecule has 0 aromatic carbocycles. The summed E-state index contributed by atoms with van der Waals surface area (Å²) < 4.78 is 6.48. The van der Waals surface area contributed by atoms with Gasteiger partial charge in [-0.15, -0.1) is 22.7 Å². The molecule has 5 rings (SSSR count). The van der Waals surface area contributed by atoms with Crippen LogP contribution in [0.3, 0.4) is 0 Å². The van der Waals surface area contributed by atoms with Crippen LogP contribution < -0.4 is 10.2 Å². The van der Waals surface area contributed by atoms with Gasteiger partial charge < -0.3 is 15.0 Å². The van der Waals surface area contributed by atoms with Gasteiger partial charge in [0.25, 0.3) is 5.91 Å². The Morgan fingerprint density at radius 1 is 1.50 bits per heavy atom. The van der Waals surface area contributed by atoms with Gasteiger partial charge in [0.05, 0.1) is 22.9 Å². The van der Waals surface area contributed by atoms with Crippen LogP contribution in [0.4, 0.5) is 5.13 Å². The van der Waals surface area contributed by atoms with Crippen molar-refractivity contribution in [3.05, 3.63) is 27.2 Å². The Morgan fingerprint density at radius 2 is 2.38 bits per heavy atom. The lowest BCUT2D eigenvalue weighted by Gasteiger charge is -2.29. The van der Waals surface area contributed by atoms with Crippen molar-refractivity contribution >= 4 is 33.7 Å². The number of amides is 1. The zero-order valence-corrected chi connectivity index (χ0v) is 16.5. The molecule has 1 N–H and O–H groups in total. The molecule has 8 heteroatoms. The summed E-state index contributed by atoms with van der Waals surface area (Å²) in [6.45, 7) is 6.77. The van der Waals surface area contributed by atoms with Gasteiger partial charge in [0, 0.05) is 41.7 Å². The number of hydrogen-bond donors (Lipinski definition) is 1. The highest BCUT2D eigenvalue weighted by Crippen LogP contribution is 2.55. The standard InChI is InChI=1S/C18H22N4O2S2/c1-10-11(2)26-17(21-10)22-6-13-12(15-3-4-18(13,8-22)24-15)5-19-16(23)14-7-25-9-20-14/h7,9,12-13,15H,3-6,8H2,1-2H3,(H,19,23)/t12-,13+,15+,18+/m0/s1. The molecule has 138 valence electrons. The lowest BCUT2D eigenvalue weighted by molar-refractivity contribution is 0.0141. The number of carbonyl (C=O) groups excluding carboxylic acids is 1. The van der Waals surface area contributed by atoms with Crippen molar-refractivity contribution in [3.8, 4) is 0 Å². The lowest BCUT2D eigenvalue weighted by atomic mass is 9.73. The SMILES string of the molecule is Cc1nc(N2C[C@@H]3[C@H](CNC(=O)c4cscn4)[C@H]4CC[C@]3(C2)O4)sc1C. The highest BCUT2D eigenvalue weighted by Gasteiger charge is 2.63. The van der Waals surface area contributed by atoms with Crippen molar-refractivity contribution in [1.29, 1.82) is 0 Å². The predicted molar refractivity (Wildman–Crippen MR) is 102 cm³/mol. The maximum absolute atomic E-state index is 12.3. The molecule has 3 fully saturated rings. The number of ether oxygens (including phenoxy) is 1. The van der Waals surface area contributed by atoms with Gasteiger partial charge >= 0.3 is 0 Å². The maximum atomic E-state index is 12.3. The first-order valence-electron chi connectivity index (χ1n) is 9.09. The highest BCUT2D eigenvalue weighted by atomic mass is 32.1. The molecule has 1 spiro atoms. The summed E-state index contributed by atoms with van der Waals surface area (Å²) in [7, 11) is 0. The van der Waals surface area contributed by atoms with Crippen molar-refractivity contribution in [2.24, 2.45) is 11.8 Å². The van der Waals surface area contributed by atoms with E-state index in [1.54, 1.807) is 22.2 Å². The van der Waals surface area contributed by atoms with Crippen molar-refractivity contribution in [1.82, 2.24) is 15.3 Å². The van der Waals surface area contributed by atoms with Gasteiger partial charge in [0.1, 0.15) is 5.69 Å². The minimum atomic E-state index is -0.0795. The Kier molecular flexibility index (Phi) is 3.84. The minimum Gasteiger partial charge on any atom is -0.369 e. The van der Waals surface area contributed by atoms with E-state index in [1.807, 2.05) is 0 Å². The second kappa shape index (κ2) is 6.00. The molecule has 0 radical (unpaired) electrons. The molecular weight excluding hydrogens is 368 g/mol. The number of aromatic nitrogens is 2. The maximum Gasteiger partial charge on any atom is 0.270 e. The van der Waals surface area contributed by atoms with Crippen molar-refractivity contribution < 1.29 is 9.53 Å². The van der Waals surface area contributed by atoms with Crippen LogP contribution in [0.25, 0.3) is 0 Å². The zero-order valence-electron chi connectivity index (χ0n) is 14.9. The third kappa shape index (κ3) is 2.50. The van der Waals surface area contributed by atoms with Gasteiger partial charge in [-0.3, -0.25) is 4.79 Å². The fraction of sp³-hybridized carbons (Fsp3) is 0.611. The monoisotopic (exact) mass is 390 g/mol. The van der Waals surface area contributed by atoms with Crippen LogP contribution in [0, 0.1) is 25.7 Å². The topological polar surface area (TPSA) is 67.4 Å². The van der Waals surface area contributed by atoms with E-state index >= 15 is 0 Å². The van der Waals surface area contributed by atoms with Crippen molar-refractivity contribution in [2.75, 3.05) is 24.5 Å². The van der Waals surface area contributed by atoms with Crippen LogP contribution in [0.2, 0.25) is 0 Å². The van der Waals surface area contributed by atoms with Gasteiger partial charge in [0.2, 0.25) is 0 Å². The van der Waals surface area contributed by atoms with E-state index in [-0.39, 0.29) is 17.6 Å². The second-order valence-corrected chi connectivity index (χ2v) is 9.53. The Labute approximate surface area is 160 Å². The first-order valence-corrected chi connectivity index (χ1v) is 10.8. The molecule has 26 heavy (non-hydrogen) atoms. The van der Waals surface area contributed by atoms with Crippen molar-refractivity contribution in [3.63, 3.8) is 0 Å². The Balaban J connectivity index is 1.31. The molecule has 2 bridgehead atoms. The summed E-state index contributed by atoms with van der Waals surface area (Å²) in [5.74, 6) is 0.754. The average molecular weight is 391 g/mol. The van der Waals surface area contributed by atoms with E-state index in [0.717, 1.165) is 36.8 Å². The van der Waals surface area contributed by atoms with Gasteiger partial charge in [-0.25, -0.2) is 9.97 Å². The van der Waals surface area contributed by atoms with Crippen LogP contribution in [-0.4, -0.2) is 47.2 Å². The molecule has 6 nitrogen and oxygen atoms in total. The molecule has 1 amide bonds. The normalized spacial score (nSPS) is 32.2. The zero-order chi connectivity index (χ0) is 17.9. The first kappa shape index (κ1) is 16.6. The van der Waals surface area contributed by atoms with Crippen LogP contribution in [-0.2, 0) is 4.74 Å². The Bertz CT molecular complexity index is 817. The number of thiazole rings is 2. The van der Waals surface area contributed by atoms with Gasteiger partial charge in [-0.05, 0) is 26.7 Å². The number of anilines is 1. The third-order valence-electron chi connectivity index (χ3n) is 6.23. The number of fused-ring (bicyclic) bond motifs is 1. The quantitative estimate of drug-likeness (QED) is 0.869. The van der Waals surface area contributed by atoms with E-state index in [4.69, 9.17) is 9.72 Å². The van der Waals surface area contributed by atoms with E-state index < -0.39 is 0 Å². The van der Waals surface area contributed by atoms with E-state index in [0.29, 0.717) is 24.1 Å². The molecule has 3 aliphatic rings. The number of rotatable bonds is 4. The summed E-state index contributed by atoms with van der Waals surface area (Å²) in [4.78, 5) is 24.8. The minimum absolute atomic E-state index is 0.0474. The lowest BCUT2D eigenvalue weighted by Crippen LogP contribution is -2.42.